The van der Waals surface area contributed by atoms with Crippen LogP contribution in [0.1, 0.15) is 5.56 Å². The molecule has 0 fully saturated rings. The van der Waals surface area contributed by atoms with Gasteiger partial charge in [-0.25, -0.2) is 0 Å². The summed E-state index contributed by atoms with van der Waals surface area (Å²) < 4.78 is 4.99. The van der Waals surface area contributed by atoms with Crippen molar-refractivity contribution in [2.75, 3.05) is 7.11 Å². The third-order valence-corrected chi connectivity index (χ3v) is 2.12. The Hall–Kier alpha value is -0.340. The van der Waals surface area contributed by atoms with E-state index >= 15 is 0 Å². The van der Waals surface area contributed by atoms with Crippen LogP contribution in [0.3, 0.4) is 0 Å². The van der Waals surface area contributed by atoms with Gasteiger partial charge >= 0.3 is 0 Å². The van der Waals surface area contributed by atoms with Gasteiger partial charge in [-0.1, -0.05) is 17.7 Å². The van der Waals surface area contributed by atoms with Crippen molar-refractivity contribution in [2.24, 2.45) is 0 Å². The summed E-state index contributed by atoms with van der Waals surface area (Å²) in [5.74, 6) is 1.43. The minimum atomic E-state index is 0.656. The molecule has 3 heteroatoms. The van der Waals surface area contributed by atoms with Gasteiger partial charge < -0.3 is 4.74 Å². The molecule has 1 rings (SSSR count). The number of hydrogen-bond acceptors (Lipinski definition) is 2. The van der Waals surface area contributed by atoms with E-state index in [9.17, 15) is 0 Å². The number of rotatable bonds is 2. The fourth-order valence-electron chi connectivity index (χ4n) is 0.783. The fourth-order valence-corrected chi connectivity index (χ4v) is 1.39. The maximum absolute atomic E-state index is 5.88. The van der Waals surface area contributed by atoms with E-state index in [1.807, 2.05) is 12.1 Å². The Morgan fingerprint density at radius 3 is 2.73 bits per heavy atom. The molecule has 1 aromatic carbocycles. The Balaban J connectivity index is 2.99. The predicted octanol–water partition coefficient (Wildman–Crippen LogP) is 2.78. The lowest BCUT2D eigenvalue weighted by atomic mass is 10.2. The van der Waals surface area contributed by atoms with E-state index in [0.29, 0.717) is 10.8 Å². The minimum Gasteiger partial charge on any atom is -0.497 e. The molecule has 0 radical (unpaired) electrons. The highest BCUT2D eigenvalue weighted by molar-refractivity contribution is 7.79. The van der Waals surface area contributed by atoms with E-state index in [2.05, 4.69) is 12.6 Å². The quantitative estimate of drug-likeness (QED) is 0.703. The number of methoxy groups -OCH3 is 1. The lowest BCUT2D eigenvalue weighted by Crippen LogP contribution is -1.84. The van der Waals surface area contributed by atoms with Crippen molar-refractivity contribution in [3.63, 3.8) is 0 Å². The van der Waals surface area contributed by atoms with Crippen LogP contribution >= 0.6 is 24.2 Å². The predicted molar refractivity (Wildman–Crippen MR) is 50.7 cm³/mol. The summed E-state index contributed by atoms with van der Waals surface area (Å²) in [4.78, 5) is 0. The zero-order valence-corrected chi connectivity index (χ0v) is 7.82. The Labute approximate surface area is 76.7 Å². The Morgan fingerprint density at radius 2 is 2.27 bits per heavy atom. The molecule has 0 aromatic heterocycles. The second kappa shape index (κ2) is 3.88. The van der Waals surface area contributed by atoms with E-state index in [-0.39, 0.29) is 0 Å². The second-order valence-electron chi connectivity index (χ2n) is 2.12. The molecule has 1 nitrogen and oxygen atoms in total. The highest BCUT2D eigenvalue weighted by Crippen LogP contribution is 2.23. The molecule has 0 aliphatic carbocycles. The lowest BCUT2D eigenvalue weighted by Gasteiger charge is -2.02. The first kappa shape index (κ1) is 8.75. The van der Waals surface area contributed by atoms with E-state index < -0.39 is 0 Å². The van der Waals surface area contributed by atoms with Crippen LogP contribution in [0.4, 0.5) is 0 Å². The van der Waals surface area contributed by atoms with Gasteiger partial charge in [0, 0.05) is 10.8 Å². The molecule has 0 saturated heterocycles. The molecular weight excluding hydrogens is 180 g/mol. The largest absolute Gasteiger partial charge is 0.497 e. The van der Waals surface area contributed by atoms with Gasteiger partial charge in [0.25, 0.3) is 0 Å². The summed E-state index contributed by atoms with van der Waals surface area (Å²) in [7, 11) is 1.62. The Morgan fingerprint density at radius 1 is 1.55 bits per heavy atom. The van der Waals surface area contributed by atoms with Crippen molar-refractivity contribution < 1.29 is 4.74 Å². The van der Waals surface area contributed by atoms with Crippen LogP contribution in [0.15, 0.2) is 18.2 Å². The highest BCUT2D eigenvalue weighted by atomic mass is 35.5. The van der Waals surface area contributed by atoms with Crippen LogP contribution in [0.2, 0.25) is 5.02 Å². The molecule has 0 N–H and O–H groups in total. The first-order valence-electron chi connectivity index (χ1n) is 3.21. The Kier molecular flexibility index (Phi) is 3.09. The average Bonchev–Trinajstić information content (AvgIpc) is 2.04. The van der Waals surface area contributed by atoms with Gasteiger partial charge in [-0.05, 0) is 17.7 Å². The number of thiol groups is 1. The first-order chi connectivity index (χ1) is 5.27. The molecule has 0 unspecified atom stereocenters. The average molecular weight is 189 g/mol. The molecule has 0 heterocycles. The molecule has 0 spiro atoms. The summed E-state index contributed by atoms with van der Waals surface area (Å²) in [5.41, 5.74) is 1.02. The standard InChI is InChI=1S/C8H9ClOS/c1-10-7-3-2-6(5-11)8(9)4-7/h2-4,11H,5H2,1H3. The van der Waals surface area contributed by atoms with Gasteiger partial charge in [-0.3, -0.25) is 0 Å². The molecule has 11 heavy (non-hydrogen) atoms. The summed E-state index contributed by atoms with van der Waals surface area (Å²) in [6.07, 6.45) is 0. The molecule has 1 aromatic rings. The summed E-state index contributed by atoms with van der Waals surface area (Å²) in [6.45, 7) is 0. The van der Waals surface area contributed by atoms with Crippen LogP contribution in [-0.2, 0) is 5.75 Å². The molecule has 0 amide bonds. The minimum absolute atomic E-state index is 0.656. The summed E-state index contributed by atoms with van der Waals surface area (Å²) in [6, 6.07) is 5.57. The fraction of sp³-hybridized carbons (Fsp3) is 0.250. The summed E-state index contributed by atoms with van der Waals surface area (Å²) >= 11 is 10.00. The van der Waals surface area contributed by atoms with Crippen LogP contribution in [0.5, 0.6) is 5.75 Å². The van der Waals surface area contributed by atoms with Crippen LogP contribution in [0.25, 0.3) is 0 Å². The van der Waals surface area contributed by atoms with Crippen LogP contribution in [-0.4, -0.2) is 7.11 Å². The maximum Gasteiger partial charge on any atom is 0.120 e. The van der Waals surface area contributed by atoms with Crippen LogP contribution in [0, 0.1) is 0 Å². The van der Waals surface area contributed by atoms with Gasteiger partial charge in [0.2, 0.25) is 0 Å². The van der Waals surface area contributed by atoms with Gasteiger partial charge in [-0.2, -0.15) is 12.6 Å². The van der Waals surface area contributed by atoms with Crippen LogP contribution < -0.4 is 4.74 Å². The number of hydrogen-bond donors (Lipinski definition) is 1. The lowest BCUT2D eigenvalue weighted by molar-refractivity contribution is 0.414. The zero-order chi connectivity index (χ0) is 8.27. The monoisotopic (exact) mass is 188 g/mol. The normalized spacial score (nSPS) is 9.73. The zero-order valence-electron chi connectivity index (χ0n) is 6.17. The number of halogens is 1. The van der Waals surface area contributed by atoms with Gasteiger partial charge in [0.1, 0.15) is 5.75 Å². The maximum atomic E-state index is 5.88. The molecular formula is C8H9ClOS. The van der Waals surface area contributed by atoms with Gasteiger partial charge in [0.15, 0.2) is 0 Å². The second-order valence-corrected chi connectivity index (χ2v) is 2.84. The summed E-state index contributed by atoms with van der Waals surface area (Å²) in [5, 5.41) is 0.708. The topological polar surface area (TPSA) is 9.23 Å². The van der Waals surface area contributed by atoms with Gasteiger partial charge in [-0.15, -0.1) is 0 Å². The van der Waals surface area contributed by atoms with Crippen molar-refractivity contribution in [1.82, 2.24) is 0 Å². The van der Waals surface area contributed by atoms with Gasteiger partial charge in [0.05, 0.1) is 7.11 Å². The van der Waals surface area contributed by atoms with Crippen molar-refractivity contribution in [1.29, 1.82) is 0 Å². The molecule has 0 atom stereocenters. The number of ether oxygens (including phenoxy) is 1. The van der Waals surface area contributed by atoms with E-state index in [4.69, 9.17) is 16.3 Å². The van der Waals surface area contributed by atoms with E-state index in [0.717, 1.165) is 11.3 Å². The van der Waals surface area contributed by atoms with Crippen molar-refractivity contribution in [2.45, 2.75) is 5.75 Å². The van der Waals surface area contributed by atoms with Crippen molar-refractivity contribution >= 4 is 24.2 Å². The first-order valence-corrected chi connectivity index (χ1v) is 4.22. The SMILES string of the molecule is COc1ccc(CS)c(Cl)c1. The molecule has 0 aliphatic heterocycles. The van der Waals surface area contributed by atoms with E-state index in [1.54, 1.807) is 13.2 Å². The Bertz CT molecular complexity index is 250. The third kappa shape index (κ3) is 2.04. The van der Waals surface area contributed by atoms with E-state index in [1.165, 1.54) is 0 Å². The van der Waals surface area contributed by atoms with Crippen molar-refractivity contribution in [3.8, 4) is 5.75 Å². The number of benzene rings is 1. The molecule has 0 saturated carbocycles. The molecule has 0 aliphatic rings. The highest BCUT2D eigenvalue weighted by Gasteiger charge is 1.98. The third-order valence-electron chi connectivity index (χ3n) is 1.43. The van der Waals surface area contributed by atoms with Crippen molar-refractivity contribution in [3.05, 3.63) is 28.8 Å². The molecule has 0 bridgehead atoms. The smallest absolute Gasteiger partial charge is 0.120 e. The molecule has 60 valence electrons.